The van der Waals surface area contributed by atoms with Crippen LogP contribution in [0.2, 0.25) is 10.0 Å². The predicted octanol–water partition coefficient (Wildman–Crippen LogP) is 6.52. The van der Waals surface area contributed by atoms with Gasteiger partial charge in [0, 0.05) is 11.3 Å². The number of hydrogen-bond donors (Lipinski definition) is 1. The molecule has 0 aliphatic heterocycles. The Morgan fingerprint density at radius 2 is 1.73 bits per heavy atom. The molecule has 3 nitrogen and oxygen atoms in total. The van der Waals surface area contributed by atoms with Gasteiger partial charge in [0.05, 0.1) is 15.6 Å². The van der Waals surface area contributed by atoms with E-state index in [9.17, 15) is 18.0 Å². The number of anilines is 1. The molecule has 0 aliphatic carbocycles. The van der Waals surface area contributed by atoms with Crippen LogP contribution in [0.3, 0.4) is 0 Å². The van der Waals surface area contributed by atoms with Crippen molar-refractivity contribution in [2.45, 2.75) is 6.18 Å². The molecule has 0 unspecified atom stereocenters. The average molecular weight is 400 g/mol. The molecule has 8 heteroatoms. The summed E-state index contributed by atoms with van der Waals surface area (Å²) in [5.74, 6) is -0.472. The predicted molar refractivity (Wildman–Crippen MR) is 93.6 cm³/mol. The third kappa shape index (κ3) is 4.03. The minimum absolute atomic E-state index is 0.0523. The summed E-state index contributed by atoms with van der Waals surface area (Å²) in [7, 11) is 0. The van der Waals surface area contributed by atoms with E-state index >= 15 is 0 Å². The number of carbonyl (C=O) groups excluding carboxylic acids is 1. The van der Waals surface area contributed by atoms with E-state index in [-0.39, 0.29) is 22.1 Å². The summed E-state index contributed by atoms with van der Waals surface area (Å²) in [5.41, 5.74) is -0.178. The quantitative estimate of drug-likeness (QED) is 0.544. The zero-order chi connectivity index (χ0) is 18.9. The topological polar surface area (TPSA) is 42.2 Å². The number of amides is 1. The molecule has 0 radical (unpaired) electrons. The average Bonchev–Trinajstić information content (AvgIpc) is 3.08. The van der Waals surface area contributed by atoms with Crippen molar-refractivity contribution in [3.05, 3.63) is 76.0 Å². The number of rotatable bonds is 3. The van der Waals surface area contributed by atoms with E-state index < -0.39 is 17.6 Å². The molecule has 0 saturated heterocycles. The second kappa shape index (κ2) is 7.05. The number of hydrogen-bond acceptors (Lipinski definition) is 2. The van der Waals surface area contributed by atoms with Gasteiger partial charge in [-0.3, -0.25) is 4.79 Å². The SMILES string of the molecule is O=C(Nc1ccc(Cl)c(Cl)c1)c1ccc(-c2cccc(C(F)(F)F)c2)o1. The van der Waals surface area contributed by atoms with Gasteiger partial charge < -0.3 is 9.73 Å². The number of benzene rings is 2. The molecule has 0 aliphatic rings. The van der Waals surface area contributed by atoms with E-state index in [0.717, 1.165) is 12.1 Å². The van der Waals surface area contributed by atoms with Crippen LogP contribution in [0.15, 0.2) is 59.0 Å². The van der Waals surface area contributed by atoms with E-state index in [1.54, 1.807) is 6.07 Å². The lowest BCUT2D eigenvalue weighted by atomic mass is 10.1. The van der Waals surface area contributed by atoms with Crippen LogP contribution in [-0.4, -0.2) is 5.91 Å². The normalized spacial score (nSPS) is 11.4. The molecule has 0 spiro atoms. The monoisotopic (exact) mass is 399 g/mol. The van der Waals surface area contributed by atoms with Gasteiger partial charge in [-0.15, -0.1) is 0 Å². The second-order valence-electron chi connectivity index (χ2n) is 5.33. The highest BCUT2D eigenvalue weighted by molar-refractivity contribution is 6.42. The smallest absolute Gasteiger partial charge is 0.416 e. The molecular weight excluding hydrogens is 390 g/mol. The molecule has 1 N–H and O–H groups in total. The van der Waals surface area contributed by atoms with Crippen molar-refractivity contribution in [1.29, 1.82) is 0 Å². The fourth-order valence-corrected chi connectivity index (χ4v) is 2.53. The first-order valence-corrected chi connectivity index (χ1v) is 8.03. The zero-order valence-electron chi connectivity index (χ0n) is 12.9. The standard InChI is InChI=1S/C18H10Cl2F3NO2/c19-13-5-4-12(9-14(13)20)24-17(25)16-7-6-15(26-16)10-2-1-3-11(8-10)18(21,22)23/h1-9H,(H,24,25). The molecule has 2 aromatic carbocycles. The Morgan fingerprint density at radius 1 is 0.962 bits per heavy atom. The number of halogens is 5. The van der Waals surface area contributed by atoms with Gasteiger partial charge in [0.15, 0.2) is 5.76 Å². The second-order valence-corrected chi connectivity index (χ2v) is 6.14. The Balaban J connectivity index is 1.81. The van der Waals surface area contributed by atoms with Gasteiger partial charge in [-0.05, 0) is 42.5 Å². The third-order valence-corrected chi connectivity index (χ3v) is 4.22. The molecule has 0 atom stereocenters. The molecule has 1 aromatic heterocycles. The highest BCUT2D eigenvalue weighted by Crippen LogP contribution is 2.33. The summed E-state index contributed by atoms with van der Waals surface area (Å²) >= 11 is 11.7. The maximum absolute atomic E-state index is 12.8. The number of alkyl halides is 3. The summed E-state index contributed by atoms with van der Waals surface area (Å²) in [6.45, 7) is 0. The minimum Gasteiger partial charge on any atom is -0.451 e. The fraction of sp³-hybridized carbons (Fsp3) is 0.0556. The van der Waals surface area contributed by atoms with Crippen molar-refractivity contribution >= 4 is 34.8 Å². The van der Waals surface area contributed by atoms with E-state index in [0.29, 0.717) is 10.7 Å². The molecular formula is C18H10Cl2F3NO2. The Morgan fingerprint density at radius 3 is 2.42 bits per heavy atom. The molecule has 1 heterocycles. The molecule has 0 saturated carbocycles. The lowest BCUT2D eigenvalue weighted by molar-refractivity contribution is -0.137. The largest absolute Gasteiger partial charge is 0.451 e. The lowest BCUT2D eigenvalue weighted by Gasteiger charge is -2.07. The van der Waals surface area contributed by atoms with Crippen molar-refractivity contribution < 1.29 is 22.4 Å². The van der Waals surface area contributed by atoms with Gasteiger partial charge >= 0.3 is 6.18 Å². The summed E-state index contributed by atoms with van der Waals surface area (Å²) < 4.78 is 43.8. The maximum Gasteiger partial charge on any atom is 0.416 e. The Kier molecular flexibility index (Phi) is 4.98. The molecule has 3 aromatic rings. The van der Waals surface area contributed by atoms with E-state index in [1.165, 1.54) is 36.4 Å². The van der Waals surface area contributed by atoms with Crippen LogP contribution in [0, 0.1) is 0 Å². The molecule has 26 heavy (non-hydrogen) atoms. The number of carbonyl (C=O) groups is 1. The van der Waals surface area contributed by atoms with Crippen LogP contribution in [0.1, 0.15) is 16.1 Å². The molecule has 3 rings (SSSR count). The summed E-state index contributed by atoms with van der Waals surface area (Å²) in [6.07, 6.45) is -4.46. The first-order valence-electron chi connectivity index (χ1n) is 7.28. The Hall–Kier alpha value is -2.44. The van der Waals surface area contributed by atoms with Crippen molar-refractivity contribution in [3.63, 3.8) is 0 Å². The van der Waals surface area contributed by atoms with E-state index in [4.69, 9.17) is 27.6 Å². The van der Waals surface area contributed by atoms with E-state index in [1.807, 2.05) is 0 Å². The van der Waals surface area contributed by atoms with Gasteiger partial charge in [-0.2, -0.15) is 13.2 Å². The third-order valence-electron chi connectivity index (χ3n) is 3.48. The molecule has 0 fully saturated rings. The zero-order valence-corrected chi connectivity index (χ0v) is 14.4. The van der Waals surface area contributed by atoms with Crippen LogP contribution >= 0.6 is 23.2 Å². The van der Waals surface area contributed by atoms with Gasteiger partial charge in [0.25, 0.3) is 5.91 Å². The molecule has 134 valence electrons. The van der Waals surface area contributed by atoms with Gasteiger partial charge in [-0.1, -0.05) is 35.3 Å². The van der Waals surface area contributed by atoms with Crippen molar-refractivity contribution in [1.82, 2.24) is 0 Å². The minimum atomic E-state index is -4.46. The Labute approximate surface area is 156 Å². The van der Waals surface area contributed by atoms with Crippen LogP contribution in [0.25, 0.3) is 11.3 Å². The van der Waals surface area contributed by atoms with Gasteiger partial charge in [0.1, 0.15) is 5.76 Å². The lowest BCUT2D eigenvalue weighted by Crippen LogP contribution is -2.10. The van der Waals surface area contributed by atoms with Crippen LogP contribution in [-0.2, 0) is 6.18 Å². The summed E-state index contributed by atoms with van der Waals surface area (Å²) in [5, 5.41) is 3.18. The highest BCUT2D eigenvalue weighted by Gasteiger charge is 2.30. The van der Waals surface area contributed by atoms with Crippen LogP contribution < -0.4 is 5.32 Å². The first-order chi connectivity index (χ1) is 12.2. The van der Waals surface area contributed by atoms with E-state index in [2.05, 4.69) is 5.32 Å². The van der Waals surface area contributed by atoms with Crippen molar-refractivity contribution in [3.8, 4) is 11.3 Å². The summed E-state index contributed by atoms with van der Waals surface area (Å²) in [4.78, 5) is 12.2. The maximum atomic E-state index is 12.8. The summed E-state index contributed by atoms with van der Waals surface area (Å²) in [6, 6.07) is 12.0. The number of nitrogens with one attached hydrogen (secondary N) is 1. The first kappa shape index (κ1) is 18.4. The fourth-order valence-electron chi connectivity index (χ4n) is 2.23. The van der Waals surface area contributed by atoms with Crippen LogP contribution in [0.4, 0.5) is 18.9 Å². The highest BCUT2D eigenvalue weighted by atomic mass is 35.5. The van der Waals surface area contributed by atoms with Gasteiger partial charge in [0.2, 0.25) is 0 Å². The van der Waals surface area contributed by atoms with Crippen molar-refractivity contribution in [2.24, 2.45) is 0 Å². The van der Waals surface area contributed by atoms with Crippen molar-refractivity contribution in [2.75, 3.05) is 5.32 Å². The van der Waals surface area contributed by atoms with Gasteiger partial charge in [-0.25, -0.2) is 0 Å². The number of furan rings is 1. The van der Waals surface area contributed by atoms with Crippen LogP contribution in [0.5, 0.6) is 0 Å². The molecule has 1 amide bonds. The Bertz CT molecular complexity index is 967. The molecule has 0 bridgehead atoms.